The SMILES string of the molecule is CC(C)[Si](C#Cc1nc(-c2ccnc(C(C)(C)C#N)c2)cnc1NC(=O)O)(C(C)C)C(C)C. The second-order valence-electron chi connectivity index (χ2n) is 9.70. The minimum absolute atomic E-state index is 0.115. The number of hydrogen-bond acceptors (Lipinski definition) is 5. The quantitative estimate of drug-likeness (QED) is 0.401. The van der Waals surface area contributed by atoms with Gasteiger partial charge in [0.15, 0.2) is 11.5 Å². The first-order chi connectivity index (χ1) is 15.3. The number of pyridine rings is 1. The van der Waals surface area contributed by atoms with Crippen LogP contribution in [0.15, 0.2) is 24.5 Å². The van der Waals surface area contributed by atoms with Gasteiger partial charge in [0.2, 0.25) is 0 Å². The Hall–Kier alpha value is -3.23. The fraction of sp³-hybridized carbons (Fsp3) is 0.480. The molecule has 2 aromatic rings. The van der Waals surface area contributed by atoms with Crippen LogP contribution in [-0.2, 0) is 5.41 Å². The molecule has 2 rings (SSSR count). The number of carbonyl (C=O) groups is 1. The number of nitriles is 1. The molecule has 7 nitrogen and oxygen atoms in total. The summed E-state index contributed by atoms with van der Waals surface area (Å²) in [5.41, 5.74) is 6.30. The number of aromatic nitrogens is 3. The van der Waals surface area contributed by atoms with E-state index in [1.54, 1.807) is 26.1 Å². The zero-order valence-corrected chi connectivity index (χ0v) is 21.7. The highest BCUT2D eigenvalue weighted by Gasteiger charge is 2.41. The molecular formula is C25H33N5O2Si. The van der Waals surface area contributed by atoms with Crippen LogP contribution in [0.4, 0.5) is 10.6 Å². The Morgan fingerprint density at radius 3 is 2.24 bits per heavy atom. The molecule has 2 N–H and O–H groups in total. The van der Waals surface area contributed by atoms with Gasteiger partial charge >= 0.3 is 6.09 Å². The van der Waals surface area contributed by atoms with E-state index < -0.39 is 19.6 Å². The molecular weight excluding hydrogens is 430 g/mol. The Balaban J connectivity index is 2.68. The van der Waals surface area contributed by atoms with E-state index >= 15 is 0 Å². The van der Waals surface area contributed by atoms with E-state index in [-0.39, 0.29) is 5.82 Å². The van der Waals surface area contributed by atoms with Gasteiger partial charge in [-0.15, -0.1) is 5.54 Å². The van der Waals surface area contributed by atoms with Crippen molar-refractivity contribution < 1.29 is 9.90 Å². The molecule has 0 aromatic carbocycles. The van der Waals surface area contributed by atoms with Crippen molar-refractivity contribution in [1.82, 2.24) is 15.0 Å². The average molecular weight is 464 g/mol. The Morgan fingerprint density at radius 2 is 1.73 bits per heavy atom. The van der Waals surface area contributed by atoms with Crippen molar-refractivity contribution in [3.8, 4) is 28.8 Å². The average Bonchev–Trinajstić information content (AvgIpc) is 2.74. The van der Waals surface area contributed by atoms with E-state index in [4.69, 9.17) is 0 Å². The van der Waals surface area contributed by atoms with Crippen LogP contribution < -0.4 is 5.32 Å². The van der Waals surface area contributed by atoms with Gasteiger partial charge in [-0.3, -0.25) is 10.3 Å². The molecule has 1 amide bonds. The van der Waals surface area contributed by atoms with Crippen molar-refractivity contribution >= 4 is 20.0 Å². The van der Waals surface area contributed by atoms with E-state index in [1.165, 1.54) is 6.20 Å². The maximum Gasteiger partial charge on any atom is 0.410 e. The normalized spacial score (nSPS) is 11.8. The predicted octanol–water partition coefficient (Wildman–Crippen LogP) is 6.00. The molecule has 33 heavy (non-hydrogen) atoms. The van der Waals surface area contributed by atoms with Gasteiger partial charge in [-0.05, 0) is 42.6 Å². The summed E-state index contributed by atoms with van der Waals surface area (Å²) in [6, 6.07) is 5.85. The summed E-state index contributed by atoms with van der Waals surface area (Å²) in [5, 5.41) is 21.0. The fourth-order valence-electron chi connectivity index (χ4n) is 4.40. The van der Waals surface area contributed by atoms with Gasteiger partial charge in [-0.2, -0.15) is 5.26 Å². The van der Waals surface area contributed by atoms with Crippen LogP contribution in [-0.4, -0.2) is 34.2 Å². The molecule has 0 aliphatic carbocycles. The van der Waals surface area contributed by atoms with E-state index in [1.807, 2.05) is 6.07 Å². The third-order valence-electron chi connectivity index (χ3n) is 6.24. The number of anilines is 1. The van der Waals surface area contributed by atoms with Crippen LogP contribution in [0.2, 0.25) is 16.6 Å². The summed E-state index contributed by atoms with van der Waals surface area (Å²) in [5.74, 6) is 3.33. The summed E-state index contributed by atoms with van der Waals surface area (Å²) in [7, 11) is -2.06. The highest BCUT2D eigenvalue weighted by atomic mass is 28.3. The largest absolute Gasteiger partial charge is 0.465 e. The number of amides is 1. The third-order valence-corrected chi connectivity index (χ3v) is 12.5. The third kappa shape index (κ3) is 5.58. The van der Waals surface area contributed by atoms with Gasteiger partial charge in [0.1, 0.15) is 8.07 Å². The molecule has 0 spiro atoms. The lowest BCUT2D eigenvalue weighted by Crippen LogP contribution is -2.43. The Kier molecular flexibility index (Phi) is 8.00. The summed E-state index contributed by atoms with van der Waals surface area (Å²) in [6.45, 7) is 16.9. The Morgan fingerprint density at radius 1 is 1.12 bits per heavy atom. The van der Waals surface area contributed by atoms with Gasteiger partial charge in [-0.1, -0.05) is 47.5 Å². The summed E-state index contributed by atoms with van der Waals surface area (Å²) in [4.78, 5) is 24.7. The molecule has 2 heterocycles. The molecule has 0 aliphatic heterocycles. The van der Waals surface area contributed by atoms with E-state index in [2.05, 4.69) is 79.3 Å². The van der Waals surface area contributed by atoms with Gasteiger partial charge in [-0.25, -0.2) is 14.8 Å². The smallest absolute Gasteiger partial charge is 0.410 e. The first-order valence-corrected chi connectivity index (χ1v) is 13.4. The lowest BCUT2D eigenvalue weighted by atomic mass is 9.90. The molecule has 0 atom stereocenters. The zero-order valence-electron chi connectivity index (χ0n) is 20.7. The van der Waals surface area contributed by atoms with E-state index in [0.29, 0.717) is 33.7 Å². The number of carboxylic acid groups (broad SMARTS) is 1. The summed E-state index contributed by atoms with van der Waals surface area (Å²) < 4.78 is 0. The minimum atomic E-state index is -2.06. The van der Waals surface area contributed by atoms with Crippen LogP contribution >= 0.6 is 0 Å². The lowest BCUT2D eigenvalue weighted by Gasteiger charge is -2.38. The van der Waals surface area contributed by atoms with Crippen LogP contribution in [0.5, 0.6) is 0 Å². The zero-order chi connectivity index (χ0) is 25.0. The minimum Gasteiger partial charge on any atom is -0.465 e. The molecule has 2 aromatic heterocycles. The Bertz CT molecular complexity index is 1100. The van der Waals surface area contributed by atoms with Crippen LogP contribution in [0.1, 0.15) is 66.8 Å². The Labute approximate surface area is 197 Å². The second-order valence-corrected chi connectivity index (χ2v) is 15.3. The first kappa shape index (κ1) is 26.0. The number of nitrogens with zero attached hydrogens (tertiary/aromatic N) is 4. The van der Waals surface area contributed by atoms with Crippen molar-refractivity contribution in [2.24, 2.45) is 0 Å². The topological polar surface area (TPSA) is 112 Å². The van der Waals surface area contributed by atoms with Crippen LogP contribution in [0.25, 0.3) is 11.3 Å². The molecule has 0 bridgehead atoms. The summed E-state index contributed by atoms with van der Waals surface area (Å²) in [6.07, 6.45) is 1.92. The number of nitrogens with one attached hydrogen (secondary N) is 1. The molecule has 0 saturated carbocycles. The molecule has 0 radical (unpaired) electrons. The maximum absolute atomic E-state index is 11.3. The highest BCUT2D eigenvalue weighted by Crippen LogP contribution is 2.40. The van der Waals surface area contributed by atoms with Gasteiger partial charge < -0.3 is 5.11 Å². The second kappa shape index (κ2) is 10.1. The van der Waals surface area contributed by atoms with Crippen molar-refractivity contribution in [2.45, 2.75) is 77.4 Å². The number of rotatable bonds is 6. The summed E-state index contributed by atoms with van der Waals surface area (Å²) >= 11 is 0. The molecule has 174 valence electrons. The maximum atomic E-state index is 11.3. The van der Waals surface area contributed by atoms with E-state index in [9.17, 15) is 15.2 Å². The molecule has 0 unspecified atom stereocenters. The molecule has 8 heteroatoms. The van der Waals surface area contributed by atoms with E-state index in [0.717, 1.165) is 5.56 Å². The van der Waals surface area contributed by atoms with Crippen molar-refractivity contribution in [3.63, 3.8) is 0 Å². The molecule has 0 fully saturated rings. The van der Waals surface area contributed by atoms with Crippen molar-refractivity contribution in [1.29, 1.82) is 5.26 Å². The fourth-order valence-corrected chi connectivity index (χ4v) is 9.60. The molecule has 0 saturated heterocycles. The van der Waals surface area contributed by atoms with Gasteiger partial charge in [0.25, 0.3) is 0 Å². The number of hydrogen-bond donors (Lipinski definition) is 2. The van der Waals surface area contributed by atoms with Crippen LogP contribution in [0.3, 0.4) is 0 Å². The van der Waals surface area contributed by atoms with Crippen LogP contribution in [0, 0.1) is 22.8 Å². The van der Waals surface area contributed by atoms with Crippen molar-refractivity contribution in [3.05, 3.63) is 35.9 Å². The standard InChI is InChI=1S/C25H33N5O2Si/c1-16(2)33(17(3)4,18(5)6)12-10-20-23(30-24(31)32)28-14-21(29-20)19-9-11-27-22(13-19)25(7,8)15-26/h9,11,13-14,16-18H,1-8H3,(H,28,30)(H,31,32). The van der Waals surface area contributed by atoms with Gasteiger partial charge in [0.05, 0.1) is 29.1 Å². The monoisotopic (exact) mass is 463 g/mol. The highest BCUT2D eigenvalue weighted by molar-refractivity contribution is 6.90. The van der Waals surface area contributed by atoms with Gasteiger partial charge in [0, 0.05) is 11.8 Å². The van der Waals surface area contributed by atoms with Crippen molar-refractivity contribution in [2.75, 3.05) is 5.32 Å². The lowest BCUT2D eigenvalue weighted by molar-refractivity contribution is 0.209. The first-order valence-electron chi connectivity index (χ1n) is 11.1. The predicted molar refractivity (Wildman–Crippen MR) is 133 cm³/mol. The molecule has 0 aliphatic rings.